The molecule has 1 aliphatic carbocycles. The van der Waals surface area contributed by atoms with E-state index >= 15 is 0 Å². The summed E-state index contributed by atoms with van der Waals surface area (Å²) < 4.78 is 1.01. The van der Waals surface area contributed by atoms with Crippen LogP contribution < -0.4 is 5.73 Å². The minimum atomic E-state index is 0.547. The molecule has 2 N–H and O–H groups in total. The number of hydrogen-bond donors (Lipinski definition) is 1. The third-order valence-corrected chi connectivity index (χ3v) is 4.85. The smallest absolute Gasteiger partial charge is 0.203 e. The molecule has 0 bridgehead atoms. The summed E-state index contributed by atoms with van der Waals surface area (Å²) in [5.41, 5.74) is 6.04. The minimum Gasteiger partial charge on any atom is -0.374 e. The maximum Gasteiger partial charge on any atom is 0.203 e. The van der Waals surface area contributed by atoms with E-state index in [1.807, 2.05) is 0 Å². The van der Waals surface area contributed by atoms with Gasteiger partial charge in [-0.2, -0.15) is 0 Å². The van der Waals surface area contributed by atoms with E-state index < -0.39 is 0 Å². The maximum absolute atomic E-state index is 5.50. The van der Waals surface area contributed by atoms with E-state index in [-0.39, 0.29) is 0 Å². The first-order valence-electron chi connectivity index (χ1n) is 4.40. The minimum absolute atomic E-state index is 0.547. The Hall–Kier alpha value is -0.290. The van der Waals surface area contributed by atoms with E-state index in [4.69, 9.17) is 5.73 Å². The summed E-state index contributed by atoms with van der Waals surface area (Å²) in [4.78, 5) is 0. The molecule has 1 aromatic heterocycles. The Morgan fingerprint density at radius 3 is 2.77 bits per heavy atom. The number of anilines is 1. The highest BCUT2D eigenvalue weighted by atomic mass is 32.2. The molecule has 0 radical (unpaired) electrons. The van der Waals surface area contributed by atoms with Gasteiger partial charge in [-0.15, -0.1) is 10.2 Å². The van der Waals surface area contributed by atoms with Crippen LogP contribution in [0.4, 0.5) is 5.13 Å². The molecule has 0 amide bonds. The molecule has 0 unspecified atom stereocenters. The third kappa shape index (κ3) is 2.14. The van der Waals surface area contributed by atoms with E-state index in [0.29, 0.717) is 10.5 Å². The predicted molar refractivity (Wildman–Crippen MR) is 57.0 cm³/mol. The van der Waals surface area contributed by atoms with Gasteiger partial charge in [-0.3, -0.25) is 0 Å². The summed E-state index contributed by atoms with van der Waals surface area (Å²) in [6.07, 6.45) is 4.10. The number of nitrogens with zero attached hydrogens (tertiary/aromatic N) is 2. The van der Waals surface area contributed by atoms with Gasteiger partial charge in [-0.1, -0.05) is 36.4 Å². The number of nitrogen functional groups attached to an aromatic ring is 1. The van der Waals surface area contributed by atoms with Gasteiger partial charge in [0.25, 0.3) is 0 Å². The van der Waals surface area contributed by atoms with Crippen molar-refractivity contribution in [2.45, 2.75) is 30.5 Å². The van der Waals surface area contributed by atoms with Gasteiger partial charge in [0.15, 0.2) is 4.34 Å². The van der Waals surface area contributed by atoms with Gasteiger partial charge < -0.3 is 5.73 Å². The molecule has 5 heteroatoms. The van der Waals surface area contributed by atoms with Crippen LogP contribution >= 0.6 is 23.1 Å². The van der Waals surface area contributed by atoms with Crippen LogP contribution in [-0.2, 0) is 0 Å². The van der Waals surface area contributed by atoms with Crippen molar-refractivity contribution in [3.8, 4) is 0 Å². The number of thioether (sulfide) groups is 1. The summed E-state index contributed by atoms with van der Waals surface area (Å²) in [6, 6.07) is 0. The fourth-order valence-electron chi connectivity index (χ4n) is 1.44. The Balaban J connectivity index is 1.85. The van der Waals surface area contributed by atoms with Gasteiger partial charge in [0.2, 0.25) is 5.13 Å². The van der Waals surface area contributed by atoms with Crippen molar-refractivity contribution in [2.24, 2.45) is 5.41 Å². The second kappa shape index (κ2) is 3.46. The SMILES string of the molecule is CC1(CSc2nnc(N)s2)CCC1. The van der Waals surface area contributed by atoms with Gasteiger partial charge in [-0.05, 0) is 18.3 Å². The van der Waals surface area contributed by atoms with E-state index in [1.165, 1.54) is 30.6 Å². The second-order valence-corrected chi connectivity index (χ2v) is 6.09. The molecule has 1 aromatic rings. The quantitative estimate of drug-likeness (QED) is 0.787. The first-order valence-corrected chi connectivity index (χ1v) is 6.20. The Morgan fingerprint density at radius 2 is 2.31 bits per heavy atom. The van der Waals surface area contributed by atoms with Crippen LogP contribution in [0.15, 0.2) is 4.34 Å². The van der Waals surface area contributed by atoms with Crippen molar-refractivity contribution in [2.75, 3.05) is 11.5 Å². The van der Waals surface area contributed by atoms with Crippen molar-refractivity contribution in [3.05, 3.63) is 0 Å². The monoisotopic (exact) mass is 215 g/mol. The van der Waals surface area contributed by atoms with Crippen LogP contribution in [0.1, 0.15) is 26.2 Å². The van der Waals surface area contributed by atoms with Crippen LogP contribution in [0, 0.1) is 5.41 Å². The molecule has 1 saturated carbocycles. The Morgan fingerprint density at radius 1 is 1.54 bits per heavy atom. The molecule has 0 aromatic carbocycles. The molecule has 0 saturated heterocycles. The Bertz CT molecular complexity index is 293. The molecule has 1 fully saturated rings. The molecule has 0 atom stereocenters. The van der Waals surface area contributed by atoms with E-state index in [0.717, 1.165) is 10.1 Å². The molecule has 0 spiro atoms. The van der Waals surface area contributed by atoms with Crippen molar-refractivity contribution in [1.82, 2.24) is 10.2 Å². The Kier molecular flexibility index (Phi) is 2.47. The lowest BCUT2D eigenvalue weighted by atomic mass is 9.72. The fourth-order valence-corrected chi connectivity index (χ4v) is 3.31. The highest BCUT2D eigenvalue weighted by Crippen LogP contribution is 2.44. The summed E-state index contributed by atoms with van der Waals surface area (Å²) in [5, 5.41) is 8.34. The summed E-state index contributed by atoms with van der Waals surface area (Å²) in [6.45, 7) is 2.34. The summed E-state index contributed by atoms with van der Waals surface area (Å²) >= 11 is 3.27. The van der Waals surface area contributed by atoms with Gasteiger partial charge in [0.1, 0.15) is 0 Å². The van der Waals surface area contributed by atoms with Crippen molar-refractivity contribution < 1.29 is 0 Å². The first kappa shape index (κ1) is 9.27. The third-order valence-electron chi connectivity index (χ3n) is 2.53. The summed E-state index contributed by atoms with van der Waals surface area (Å²) in [5.74, 6) is 1.15. The molecule has 2 rings (SSSR count). The van der Waals surface area contributed by atoms with Gasteiger partial charge in [-0.25, -0.2) is 0 Å². The van der Waals surface area contributed by atoms with Gasteiger partial charge >= 0.3 is 0 Å². The highest BCUT2D eigenvalue weighted by molar-refractivity contribution is 8.01. The molecular weight excluding hydrogens is 202 g/mol. The predicted octanol–water partition coefficient (Wildman–Crippen LogP) is 2.40. The topological polar surface area (TPSA) is 51.8 Å². The number of rotatable bonds is 3. The lowest BCUT2D eigenvalue weighted by Gasteiger charge is -2.37. The lowest BCUT2D eigenvalue weighted by Crippen LogP contribution is -2.27. The number of aromatic nitrogens is 2. The van der Waals surface area contributed by atoms with Gasteiger partial charge in [0, 0.05) is 5.75 Å². The van der Waals surface area contributed by atoms with Crippen molar-refractivity contribution in [3.63, 3.8) is 0 Å². The normalized spacial score (nSPS) is 19.8. The molecule has 1 aliphatic rings. The maximum atomic E-state index is 5.50. The van der Waals surface area contributed by atoms with Crippen LogP contribution in [0.25, 0.3) is 0 Å². The molecule has 3 nitrogen and oxygen atoms in total. The van der Waals surface area contributed by atoms with Crippen LogP contribution in [-0.4, -0.2) is 16.0 Å². The molecule has 13 heavy (non-hydrogen) atoms. The average Bonchev–Trinajstić information content (AvgIpc) is 2.44. The Labute approximate surface area is 86.1 Å². The molecule has 72 valence electrons. The van der Waals surface area contributed by atoms with E-state index in [1.54, 1.807) is 11.8 Å². The average molecular weight is 215 g/mol. The van der Waals surface area contributed by atoms with Crippen molar-refractivity contribution in [1.29, 1.82) is 0 Å². The van der Waals surface area contributed by atoms with E-state index in [9.17, 15) is 0 Å². The zero-order valence-electron chi connectivity index (χ0n) is 7.62. The van der Waals surface area contributed by atoms with E-state index in [2.05, 4.69) is 17.1 Å². The molecule has 0 aliphatic heterocycles. The number of nitrogens with two attached hydrogens (primary N) is 1. The van der Waals surface area contributed by atoms with Crippen molar-refractivity contribution >= 4 is 28.2 Å². The molecular formula is C8H13N3S2. The zero-order chi connectivity index (χ0) is 9.31. The fraction of sp³-hybridized carbons (Fsp3) is 0.750. The van der Waals surface area contributed by atoms with Crippen LogP contribution in [0.5, 0.6) is 0 Å². The zero-order valence-corrected chi connectivity index (χ0v) is 9.25. The van der Waals surface area contributed by atoms with Crippen LogP contribution in [0.3, 0.4) is 0 Å². The largest absolute Gasteiger partial charge is 0.374 e. The summed E-state index contributed by atoms with van der Waals surface area (Å²) in [7, 11) is 0. The second-order valence-electron chi connectivity index (χ2n) is 3.86. The van der Waals surface area contributed by atoms with Gasteiger partial charge in [0.05, 0.1) is 0 Å². The lowest BCUT2D eigenvalue weighted by molar-refractivity contribution is 0.197. The first-order chi connectivity index (χ1) is 6.18. The molecule has 1 heterocycles. The highest BCUT2D eigenvalue weighted by Gasteiger charge is 2.31. The van der Waals surface area contributed by atoms with Crippen LogP contribution in [0.2, 0.25) is 0 Å². The number of hydrogen-bond acceptors (Lipinski definition) is 5. The standard InChI is InChI=1S/C8H13N3S2/c1-8(3-2-4-8)5-12-7-11-10-6(9)13-7/h2-5H2,1H3,(H2,9,10).